The van der Waals surface area contributed by atoms with Crippen LogP contribution in [0.2, 0.25) is 5.02 Å². The quantitative estimate of drug-likeness (QED) is 0.326. The van der Waals surface area contributed by atoms with Crippen molar-refractivity contribution in [3.8, 4) is 17.2 Å². The Hall–Kier alpha value is -3.98. The number of methoxy groups -OCH3 is 2. The molecule has 10 heteroatoms. The average molecular weight is 471 g/mol. The normalized spacial score (nSPS) is 17.5. The maximum atomic E-state index is 13.1. The molecule has 4 rings (SSSR count). The zero-order valence-corrected chi connectivity index (χ0v) is 18.6. The Morgan fingerprint density at radius 1 is 1.09 bits per heavy atom. The zero-order valence-electron chi connectivity index (χ0n) is 17.8. The number of aromatic nitrogens is 1. The number of amides is 1. The van der Waals surface area contributed by atoms with E-state index in [1.807, 2.05) is 0 Å². The minimum Gasteiger partial charge on any atom is -0.507 e. The lowest BCUT2D eigenvalue weighted by molar-refractivity contribution is -0.132. The molecule has 1 aromatic heterocycles. The lowest BCUT2D eigenvalue weighted by atomic mass is 9.95. The van der Waals surface area contributed by atoms with Gasteiger partial charge in [0.25, 0.3) is 5.78 Å². The Morgan fingerprint density at radius 2 is 1.82 bits per heavy atom. The van der Waals surface area contributed by atoms with Gasteiger partial charge < -0.3 is 24.2 Å². The van der Waals surface area contributed by atoms with Crippen molar-refractivity contribution >= 4 is 34.9 Å². The monoisotopic (exact) mass is 470 g/mol. The number of ether oxygens (including phenoxy) is 2. The number of halogens is 1. The fraction of sp³-hybridized carbons (Fsp3) is 0.174. The number of nitrogens with zero attached hydrogens (tertiary/aromatic N) is 2. The molecule has 2 heterocycles. The minimum absolute atomic E-state index is 0.0958. The molecule has 1 aliphatic rings. The second-order valence-corrected chi connectivity index (χ2v) is 7.65. The van der Waals surface area contributed by atoms with Crippen molar-refractivity contribution in [3.63, 3.8) is 0 Å². The van der Waals surface area contributed by atoms with Crippen LogP contribution in [0, 0.1) is 6.92 Å². The second kappa shape index (κ2) is 8.51. The van der Waals surface area contributed by atoms with Gasteiger partial charge in [-0.05, 0) is 42.8 Å². The Bertz CT molecular complexity index is 1300. The van der Waals surface area contributed by atoms with E-state index in [-0.39, 0.29) is 33.5 Å². The highest BCUT2D eigenvalue weighted by atomic mass is 35.5. The number of anilines is 1. The van der Waals surface area contributed by atoms with E-state index in [2.05, 4.69) is 5.16 Å². The standard InChI is InChI=1S/C23H19ClN2O7/c1-11-8-18(25-33-11)26-20(12-4-6-15(27)17(10-12)32-3)19(22(29)23(26)30)21(28)13-5-7-16(31-2)14(24)9-13/h4-10,20,27-28H,1-3H3/b21-19+. The van der Waals surface area contributed by atoms with Gasteiger partial charge in [-0.25, -0.2) is 0 Å². The Kier molecular flexibility index (Phi) is 5.73. The summed E-state index contributed by atoms with van der Waals surface area (Å²) in [6, 6.07) is 9.26. The third-order valence-electron chi connectivity index (χ3n) is 5.25. The van der Waals surface area contributed by atoms with Crippen molar-refractivity contribution in [1.29, 1.82) is 0 Å². The van der Waals surface area contributed by atoms with Crippen LogP contribution in [0.4, 0.5) is 5.82 Å². The van der Waals surface area contributed by atoms with Crippen LogP contribution in [0.5, 0.6) is 17.2 Å². The Morgan fingerprint density at radius 3 is 2.42 bits per heavy atom. The fourth-order valence-corrected chi connectivity index (χ4v) is 3.94. The number of aliphatic hydroxyl groups is 1. The van der Waals surface area contributed by atoms with Gasteiger partial charge in [-0.3, -0.25) is 14.5 Å². The fourth-order valence-electron chi connectivity index (χ4n) is 3.68. The van der Waals surface area contributed by atoms with Crippen molar-refractivity contribution < 1.29 is 33.8 Å². The van der Waals surface area contributed by atoms with Crippen molar-refractivity contribution in [3.05, 3.63) is 69.9 Å². The summed E-state index contributed by atoms with van der Waals surface area (Å²) in [5.74, 6) is -1.35. The van der Waals surface area contributed by atoms with Crippen LogP contribution in [-0.4, -0.2) is 41.3 Å². The first-order valence-electron chi connectivity index (χ1n) is 9.72. The van der Waals surface area contributed by atoms with Crippen LogP contribution in [0.25, 0.3) is 5.76 Å². The second-order valence-electron chi connectivity index (χ2n) is 7.25. The predicted molar refractivity (Wildman–Crippen MR) is 119 cm³/mol. The van der Waals surface area contributed by atoms with Crippen LogP contribution in [-0.2, 0) is 9.59 Å². The smallest absolute Gasteiger partial charge is 0.301 e. The largest absolute Gasteiger partial charge is 0.507 e. The van der Waals surface area contributed by atoms with Gasteiger partial charge in [-0.15, -0.1) is 0 Å². The Labute approximate surface area is 193 Å². The number of rotatable bonds is 5. The van der Waals surface area contributed by atoms with Crippen molar-refractivity contribution in [2.75, 3.05) is 19.1 Å². The van der Waals surface area contributed by atoms with Crippen molar-refractivity contribution in [2.24, 2.45) is 0 Å². The van der Waals surface area contributed by atoms with Gasteiger partial charge >= 0.3 is 5.91 Å². The number of carbonyl (C=O) groups is 2. The van der Waals surface area contributed by atoms with E-state index in [9.17, 15) is 19.8 Å². The molecule has 3 aromatic rings. The number of carbonyl (C=O) groups excluding carboxylic acids is 2. The average Bonchev–Trinajstić information content (AvgIpc) is 3.34. The number of phenols is 1. The topological polar surface area (TPSA) is 122 Å². The summed E-state index contributed by atoms with van der Waals surface area (Å²) in [5.41, 5.74) is 0.422. The lowest BCUT2D eigenvalue weighted by Crippen LogP contribution is -2.29. The van der Waals surface area contributed by atoms with Crippen LogP contribution >= 0.6 is 11.6 Å². The summed E-state index contributed by atoms with van der Waals surface area (Å²) in [4.78, 5) is 27.3. The maximum absolute atomic E-state index is 13.1. The molecule has 2 aromatic carbocycles. The van der Waals surface area contributed by atoms with E-state index in [4.69, 9.17) is 25.6 Å². The third-order valence-corrected chi connectivity index (χ3v) is 5.55. The molecule has 2 N–H and O–H groups in total. The summed E-state index contributed by atoms with van der Waals surface area (Å²) >= 11 is 6.20. The first-order valence-corrected chi connectivity index (χ1v) is 10.1. The van der Waals surface area contributed by atoms with Gasteiger partial charge in [-0.1, -0.05) is 22.8 Å². The summed E-state index contributed by atoms with van der Waals surface area (Å²) < 4.78 is 15.4. The van der Waals surface area contributed by atoms with Gasteiger partial charge in [0.1, 0.15) is 17.3 Å². The predicted octanol–water partition coefficient (Wildman–Crippen LogP) is 3.99. The first kappa shape index (κ1) is 22.2. The van der Waals surface area contributed by atoms with Gasteiger partial charge in [0.15, 0.2) is 17.3 Å². The maximum Gasteiger partial charge on any atom is 0.301 e. The summed E-state index contributed by atoms with van der Waals surface area (Å²) in [7, 11) is 2.82. The third kappa shape index (κ3) is 3.76. The van der Waals surface area contributed by atoms with E-state index in [0.29, 0.717) is 17.1 Å². The minimum atomic E-state index is -1.08. The van der Waals surface area contributed by atoms with E-state index < -0.39 is 23.5 Å². The molecule has 1 saturated heterocycles. The number of aromatic hydroxyl groups is 1. The number of benzene rings is 2. The highest BCUT2D eigenvalue weighted by Crippen LogP contribution is 2.44. The molecular weight excluding hydrogens is 452 g/mol. The molecule has 0 saturated carbocycles. The molecule has 0 bridgehead atoms. The summed E-state index contributed by atoms with van der Waals surface area (Å²) in [6.45, 7) is 1.64. The molecule has 1 unspecified atom stereocenters. The Balaban J connectivity index is 1.96. The van der Waals surface area contributed by atoms with Gasteiger partial charge in [-0.2, -0.15) is 0 Å². The molecule has 1 fully saturated rings. The van der Waals surface area contributed by atoms with Crippen LogP contribution in [0.3, 0.4) is 0 Å². The SMILES string of the molecule is COc1cc(C2/C(=C(\O)c3ccc(OC)c(Cl)c3)C(=O)C(=O)N2c2cc(C)on2)ccc1O. The summed E-state index contributed by atoms with van der Waals surface area (Å²) in [5, 5.41) is 25.2. The van der Waals surface area contributed by atoms with E-state index >= 15 is 0 Å². The molecule has 1 aliphatic heterocycles. The van der Waals surface area contributed by atoms with Gasteiger partial charge in [0, 0.05) is 11.6 Å². The van der Waals surface area contributed by atoms with Crippen LogP contribution < -0.4 is 14.4 Å². The number of hydrogen-bond donors (Lipinski definition) is 2. The molecule has 0 aliphatic carbocycles. The molecule has 33 heavy (non-hydrogen) atoms. The van der Waals surface area contributed by atoms with E-state index in [0.717, 1.165) is 4.90 Å². The van der Waals surface area contributed by atoms with Gasteiger partial charge in [0.2, 0.25) is 0 Å². The zero-order chi connectivity index (χ0) is 23.9. The molecule has 170 valence electrons. The highest BCUT2D eigenvalue weighted by Gasteiger charge is 2.48. The van der Waals surface area contributed by atoms with Crippen LogP contribution in [0.15, 0.2) is 52.6 Å². The molecule has 0 radical (unpaired) electrons. The van der Waals surface area contributed by atoms with E-state index in [1.54, 1.807) is 6.92 Å². The van der Waals surface area contributed by atoms with Crippen LogP contribution in [0.1, 0.15) is 22.9 Å². The number of ketones is 1. The van der Waals surface area contributed by atoms with Gasteiger partial charge in [0.05, 0.1) is 30.9 Å². The first-order chi connectivity index (χ1) is 15.8. The van der Waals surface area contributed by atoms with E-state index in [1.165, 1.54) is 56.7 Å². The molecule has 9 nitrogen and oxygen atoms in total. The molecule has 0 spiro atoms. The molecule has 1 atom stereocenters. The number of aliphatic hydroxyl groups excluding tert-OH is 1. The number of phenolic OH excluding ortho intramolecular Hbond substituents is 1. The summed E-state index contributed by atoms with van der Waals surface area (Å²) in [6.07, 6.45) is 0. The number of Topliss-reactive ketones (excluding diaryl/α,β-unsaturated/α-hetero) is 1. The number of hydrogen-bond acceptors (Lipinski definition) is 8. The van der Waals surface area contributed by atoms with Crippen molar-refractivity contribution in [2.45, 2.75) is 13.0 Å². The van der Waals surface area contributed by atoms with Crippen molar-refractivity contribution in [1.82, 2.24) is 5.16 Å². The molecule has 1 amide bonds. The lowest BCUT2D eigenvalue weighted by Gasteiger charge is -2.23. The number of aryl methyl sites for hydroxylation is 1. The molecular formula is C23H19ClN2O7. The highest BCUT2D eigenvalue weighted by molar-refractivity contribution is 6.51.